The van der Waals surface area contributed by atoms with Crippen LogP contribution in [0.5, 0.6) is 0 Å². The van der Waals surface area contributed by atoms with E-state index in [0.29, 0.717) is 17.5 Å². The predicted octanol–water partition coefficient (Wildman–Crippen LogP) is 2.86. The summed E-state index contributed by atoms with van der Waals surface area (Å²) in [5, 5.41) is 19.1. The standard InChI is InChI=1S/C12H12ClNO4/c1-8(13)6-10-7-11(14(17)18)4-2-9(10)3-5-12(15)16/h2-5,7-8H,6H2,1H3,(H,15,16)/b5-3+. The first-order valence-electron chi connectivity index (χ1n) is 5.22. The van der Waals surface area contributed by atoms with E-state index in [0.717, 1.165) is 6.08 Å². The Morgan fingerprint density at radius 2 is 2.28 bits per heavy atom. The molecule has 1 aromatic carbocycles. The van der Waals surface area contributed by atoms with Gasteiger partial charge in [0.25, 0.3) is 5.69 Å². The molecule has 0 aliphatic carbocycles. The molecular formula is C12H12ClNO4. The minimum Gasteiger partial charge on any atom is -0.478 e. The summed E-state index contributed by atoms with van der Waals surface area (Å²) in [5.74, 6) is -1.07. The Labute approximate surface area is 109 Å². The molecule has 0 amide bonds. The zero-order valence-electron chi connectivity index (χ0n) is 9.67. The molecular weight excluding hydrogens is 258 g/mol. The summed E-state index contributed by atoms with van der Waals surface area (Å²) in [6.07, 6.45) is 2.83. The molecule has 0 aromatic heterocycles. The van der Waals surface area contributed by atoms with Crippen LogP contribution in [0.2, 0.25) is 0 Å². The van der Waals surface area contributed by atoms with Crippen molar-refractivity contribution in [2.75, 3.05) is 0 Å². The van der Waals surface area contributed by atoms with Gasteiger partial charge in [0, 0.05) is 23.6 Å². The number of hydrogen-bond donors (Lipinski definition) is 1. The van der Waals surface area contributed by atoms with Crippen LogP contribution in [0.1, 0.15) is 18.1 Å². The van der Waals surface area contributed by atoms with Gasteiger partial charge in [-0.1, -0.05) is 0 Å². The molecule has 96 valence electrons. The maximum Gasteiger partial charge on any atom is 0.328 e. The highest BCUT2D eigenvalue weighted by Gasteiger charge is 2.11. The normalized spacial score (nSPS) is 12.6. The molecule has 0 bridgehead atoms. The molecule has 0 saturated heterocycles. The van der Waals surface area contributed by atoms with Crippen LogP contribution in [-0.4, -0.2) is 21.4 Å². The zero-order valence-corrected chi connectivity index (χ0v) is 10.4. The van der Waals surface area contributed by atoms with Crippen LogP contribution >= 0.6 is 11.6 Å². The number of carbonyl (C=O) groups is 1. The molecule has 6 heteroatoms. The lowest BCUT2D eigenvalue weighted by Crippen LogP contribution is -2.01. The van der Waals surface area contributed by atoms with Crippen molar-refractivity contribution >= 4 is 29.3 Å². The molecule has 1 aromatic rings. The molecule has 1 N–H and O–H groups in total. The fraction of sp³-hybridized carbons (Fsp3) is 0.250. The van der Waals surface area contributed by atoms with E-state index in [2.05, 4.69) is 0 Å². The molecule has 1 unspecified atom stereocenters. The summed E-state index contributed by atoms with van der Waals surface area (Å²) in [7, 11) is 0. The van der Waals surface area contributed by atoms with Gasteiger partial charge >= 0.3 is 5.97 Å². The Hall–Kier alpha value is -1.88. The molecule has 0 saturated carbocycles. The number of nitrogens with zero attached hydrogens (tertiary/aromatic N) is 1. The van der Waals surface area contributed by atoms with Crippen molar-refractivity contribution in [1.29, 1.82) is 0 Å². The summed E-state index contributed by atoms with van der Waals surface area (Å²) < 4.78 is 0. The average Bonchev–Trinajstić information content (AvgIpc) is 2.26. The SMILES string of the molecule is CC(Cl)Cc1cc([N+](=O)[O-])ccc1/C=C/C(=O)O. The number of halogens is 1. The molecule has 0 aliphatic heterocycles. The first kappa shape index (κ1) is 14.2. The van der Waals surface area contributed by atoms with Gasteiger partial charge in [-0.15, -0.1) is 11.6 Å². The van der Waals surface area contributed by atoms with Crippen LogP contribution in [0, 0.1) is 10.1 Å². The van der Waals surface area contributed by atoms with E-state index < -0.39 is 10.9 Å². The number of carboxylic acids is 1. The van der Waals surface area contributed by atoms with Gasteiger partial charge in [-0.3, -0.25) is 10.1 Å². The smallest absolute Gasteiger partial charge is 0.328 e. The monoisotopic (exact) mass is 269 g/mol. The number of non-ortho nitro benzene ring substituents is 1. The van der Waals surface area contributed by atoms with Crippen LogP contribution in [0.15, 0.2) is 24.3 Å². The Balaban J connectivity index is 3.15. The van der Waals surface area contributed by atoms with Crippen LogP contribution in [0.4, 0.5) is 5.69 Å². The quantitative estimate of drug-likeness (QED) is 0.386. The van der Waals surface area contributed by atoms with Gasteiger partial charge in [0.15, 0.2) is 0 Å². The van der Waals surface area contributed by atoms with Gasteiger partial charge < -0.3 is 5.11 Å². The van der Waals surface area contributed by atoms with Gasteiger partial charge in [0.2, 0.25) is 0 Å². The third kappa shape index (κ3) is 4.18. The highest BCUT2D eigenvalue weighted by molar-refractivity contribution is 6.20. The number of nitro benzene ring substituents is 1. The minimum atomic E-state index is -1.07. The van der Waals surface area contributed by atoms with Crippen molar-refractivity contribution < 1.29 is 14.8 Å². The van der Waals surface area contributed by atoms with Gasteiger partial charge in [-0.05, 0) is 36.6 Å². The van der Waals surface area contributed by atoms with Crippen molar-refractivity contribution in [3.63, 3.8) is 0 Å². The van der Waals surface area contributed by atoms with E-state index >= 15 is 0 Å². The molecule has 5 nitrogen and oxygen atoms in total. The Bertz CT molecular complexity index is 497. The van der Waals surface area contributed by atoms with E-state index in [1.54, 1.807) is 6.92 Å². The highest BCUT2D eigenvalue weighted by Crippen LogP contribution is 2.21. The molecule has 0 heterocycles. The first-order chi connectivity index (χ1) is 8.40. The molecule has 1 rings (SSSR count). The van der Waals surface area contributed by atoms with E-state index in [-0.39, 0.29) is 11.1 Å². The lowest BCUT2D eigenvalue weighted by Gasteiger charge is -2.07. The molecule has 18 heavy (non-hydrogen) atoms. The number of nitro groups is 1. The third-order valence-electron chi connectivity index (χ3n) is 2.24. The predicted molar refractivity (Wildman–Crippen MR) is 68.8 cm³/mol. The molecule has 0 fully saturated rings. The fourth-order valence-electron chi connectivity index (χ4n) is 1.51. The Kier molecular flexibility index (Phi) is 4.85. The molecule has 0 spiro atoms. The summed E-state index contributed by atoms with van der Waals surface area (Å²) in [6, 6.07) is 4.27. The van der Waals surface area contributed by atoms with Crippen LogP contribution in [0.25, 0.3) is 6.08 Å². The Morgan fingerprint density at radius 3 is 2.78 bits per heavy atom. The van der Waals surface area contributed by atoms with Crippen molar-refractivity contribution in [3.05, 3.63) is 45.5 Å². The Morgan fingerprint density at radius 1 is 1.61 bits per heavy atom. The summed E-state index contributed by atoms with van der Waals surface area (Å²) >= 11 is 5.87. The number of aliphatic carboxylic acids is 1. The summed E-state index contributed by atoms with van der Waals surface area (Å²) in [4.78, 5) is 20.6. The maximum atomic E-state index is 10.7. The second-order valence-electron chi connectivity index (χ2n) is 3.80. The van der Waals surface area contributed by atoms with Crippen LogP contribution < -0.4 is 0 Å². The van der Waals surface area contributed by atoms with Crippen molar-refractivity contribution in [2.24, 2.45) is 0 Å². The zero-order chi connectivity index (χ0) is 13.7. The fourth-order valence-corrected chi connectivity index (χ4v) is 1.68. The van der Waals surface area contributed by atoms with E-state index in [1.807, 2.05) is 0 Å². The molecule has 1 atom stereocenters. The van der Waals surface area contributed by atoms with Gasteiger partial charge in [-0.25, -0.2) is 4.79 Å². The minimum absolute atomic E-state index is 0.0326. The van der Waals surface area contributed by atoms with E-state index in [9.17, 15) is 14.9 Å². The average molecular weight is 270 g/mol. The highest BCUT2D eigenvalue weighted by atomic mass is 35.5. The van der Waals surface area contributed by atoms with Gasteiger partial charge in [0.1, 0.15) is 0 Å². The van der Waals surface area contributed by atoms with Crippen LogP contribution in [0.3, 0.4) is 0 Å². The maximum absolute atomic E-state index is 10.7. The lowest BCUT2D eigenvalue weighted by atomic mass is 10.0. The van der Waals surface area contributed by atoms with Gasteiger partial charge in [0.05, 0.1) is 4.92 Å². The number of carboxylic acid groups (broad SMARTS) is 1. The number of rotatable bonds is 5. The van der Waals surface area contributed by atoms with Crippen LogP contribution in [-0.2, 0) is 11.2 Å². The second kappa shape index (κ2) is 6.16. The topological polar surface area (TPSA) is 80.4 Å². The van der Waals surface area contributed by atoms with Gasteiger partial charge in [-0.2, -0.15) is 0 Å². The van der Waals surface area contributed by atoms with E-state index in [4.69, 9.17) is 16.7 Å². The van der Waals surface area contributed by atoms with Crippen molar-refractivity contribution in [1.82, 2.24) is 0 Å². The van der Waals surface area contributed by atoms with E-state index in [1.165, 1.54) is 24.3 Å². The molecule has 0 radical (unpaired) electrons. The molecule has 0 aliphatic rings. The number of benzene rings is 1. The number of alkyl halides is 1. The first-order valence-corrected chi connectivity index (χ1v) is 5.66. The van der Waals surface area contributed by atoms with Crippen molar-refractivity contribution in [2.45, 2.75) is 18.7 Å². The summed E-state index contributed by atoms with van der Waals surface area (Å²) in [6.45, 7) is 1.77. The number of hydrogen-bond acceptors (Lipinski definition) is 3. The second-order valence-corrected chi connectivity index (χ2v) is 4.54. The van der Waals surface area contributed by atoms with Crippen molar-refractivity contribution in [3.8, 4) is 0 Å². The summed E-state index contributed by atoms with van der Waals surface area (Å²) in [5.41, 5.74) is 1.24. The third-order valence-corrected chi connectivity index (χ3v) is 2.40. The lowest BCUT2D eigenvalue weighted by molar-refractivity contribution is -0.384. The largest absolute Gasteiger partial charge is 0.478 e.